The van der Waals surface area contributed by atoms with E-state index >= 15 is 0 Å². The van der Waals surface area contributed by atoms with E-state index in [0.717, 1.165) is 5.56 Å². The van der Waals surface area contributed by atoms with Gasteiger partial charge in [-0.15, -0.1) is 0 Å². The minimum Gasteiger partial charge on any atom is -0.481 e. The molecule has 1 aromatic rings. The van der Waals surface area contributed by atoms with E-state index < -0.39 is 17.4 Å². The Morgan fingerprint density at radius 3 is 2.35 bits per heavy atom. The van der Waals surface area contributed by atoms with Crippen LogP contribution in [0.1, 0.15) is 30.4 Å². The Hall–Kier alpha value is -0.660. The van der Waals surface area contributed by atoms with Gasteiger partial charge in [0, 0.05) is 12.1 Å². The second kappa shape index (κ2) is 7.38. The van der Waals surface area contributed by atoms with Crippen molar-refractivity contribution in [2.75, 3.05) is 13.2 Å². The van der Waals surface area contributed by atoms with Gasteiger partial charge in [0.25, 0.3) is 0 Å². The number of aliphatic hydroxyl groups is 1. The highest BCUT2D eigenvalue weighted by Gasteiger charge is 2.33. The zero-order valence-electron chi connectivity index (χ0n) is 12.1. The summed E-state index contributed by atoms with van der Waals surface area (Å²) in [5.74, 6) is -1.30. The quantitative estimate of drug-likeness (QED) is 0.426. The molecule has 5 heteroatoms. The molecule has 0 spiro atoms. The standard InChI is InChI=1S/C15H22INO3/c1-11(14(19)20)9-17(15(2,3)10-18)13(16)12-7-5-4-6-8-12/h4-8,11,13,18H,9-10H2,1-3H3,(H,19,20). The first-order valence-corrected chi connectivity index (χ1v) is 7.83. The number of rotatable bonds is 7. The molecule has 0 saturated heterocycles. The number of hydrogen-bond acceptors (Lipinski definition) is 3. The van der Waals surface area contributed by atoms with Crippen LogP contribution >= 0.6 is 22.6 Å². The van der Waals surface area contributed by atoms with Gasteiger partial charge in [-0.25, -0.2) is 0 Å². The summed E-state index contributed by atoms with van der Waals surface area (Å²) >= 11 is 2.30. The Bertz CT molecular complexity index is 436. The molecule has 4 nitrogen and oxygen atoms in total. The zero-order valence-corrected chi connectivity index (χ0v) is 14.2. The van der Waals surface area contributed by atoms with Gasteiger partial charge >= 0.3 is 5.97 Å². The number of halogens is 1. The third-order valence-electron chi connectivity index (χ3n) is 3.40. The molecule has 2 N–H and O–H groups in total. The Morgan fingerprint density at radius 1 is 1.35 bits per heavy atom. The molecule has 2 atom stereocenters. The lowest BCUT2D eigenvalue weighted by atomic mass is 10.00. The molecule has 0 saturated carbocycles. The van der Waals surface area contributed by atoms with Crippen molar-refractivity contribution in [3.63, 3.8) is 0 Å². The summed E-state index contributed by atoms with van der Waals surface area (Å²) in [7, 11) is 0. The fourth-order valence-electron chi connectivity index (χ4n) is 1.90. The smallest absolute Gasteiger partial charge is 0.307 e. The van der Waals surface area contributed by atoms with Gasteiger partial charge in [-0.05, 0) is 19.4 Å². The number of nitrogens with zero attached hydrogens (tertiary/aromatic N) is 1. The van der Waals surface area contributed by atoms with Crippen LogP contribution in [0.2, 0.25) is 0 Å². The summed E-state index contributed by atoms with van der Waals surface area (Å²) in [5, 5.41) is 18.7. The number of carbonyl (C=O) groups is 1. The molecular weight excluding hydrogens is 369 g/mol. The van der Waals surface area contributed by atoms with Crippen molar-refractivity contribution < 1.29 is 15.0 Å². The molecule has 0 amide bonds. The molecule has 0 bridgehead atoms. The van der Waals surface area contributed by atoms with Crippen molar-refractivity contribution in [3.05, 3.63) is 35.9 Å². The van der Waals surface area contributed by atoms with E-state index in [1.807, 2.05) is 49.1 Å². The SMILES string of the molecule is CC(CN(C(I)c1ccccc1)C(C)(C)CO)C(=O)O. The number of carboxylic acids is 1. The highest BCUT2D eigenvalue weighted by atomic mass is 127. The topological polar surface area (TPSA) is 60.8 Å². The van der Waals surface area contributed by atoms with Crippen LogP contribution in [0.4, 0.5) is 0 Å². The third-order valence-corrected chi connectivity index (χ3v) is 4.80. The summed E-state index contributed by atoms with van der Waals surface area (Å²) < 4.78 is 0.0118. The summed E-state index contributed by atoms with van der Waals surface area (Å²) in [6.07, 6.45) is 0. The number of aliphatic hydroxyl groups excluding tert-OH is 1. The molecule has 0 aliphatic rings. The van der Waals surface area contributed by atoms with Gasteiger partial charge in [0.2, 0.25) is 0 Å². The van der Waals surface area contributed by atoms with Gasteiger partial charge in [-0.2, -0.15) is 0 Å². The van der Waals surface area contributed by atoms with E-state index in [9.17, 15) is 9.90 Å². The summed E-state index contributed by atoms with van der Waals surface area (Å²) in [6.45, 7) is 5.92. The lowest BCUT2D eigenvalue weighted by Gasteiger charge is -2.41. The van der Waals surface area contributed by atoms with Crippen LogP contribution in [0, 0.1) is 5.92 Å². The van der Waals surface area contributed by atoms with E-state index in [1.165, 1.54) is 0 Å². The Kier molecular flexibility index (Phi) is 6.42. The van der Waals surface area contributed by atoms with Crippen LogP contribution in [-0.2, 0) is 4.79 Å². The van der Waals surface area contributed by atoms with E-state index in [0.29, 0.717) is 6.54 Å². The average Bonchev–Trinajstić information content (AvgIpc) is 2.44. The van der Waals surface area contributed by atoms with E-state index in [2.05, 4.69) is 22.6 Å². The van der Waals surface area contributed by atoms with Crippen LogP contribution in [-0.4, -0.2) is 39.8 Å². The molecule has 0 aliphatic carbocycles. The minimum absolute atomic E-state index is 0.0118. The molecule has 0 heterocycles. The highest BCUT2D eigenvalue weighted by Crippen LogP contribution is 2.34. The Morgan fingerprint density at radius 2 is 1.90 bits per heavy atom. The lowest BCUT2D eigenvalue weighted by molar-refractivity contribution is -0.142. The highest BCUT2D eigenvalue weighted by molar-refractivity contribution is 14.1. The van der Waals surface area contributed by atoms with Crippen LogP contribution in [0.3, 0.4) is 0 Å². The second-order valence-corrected chi connectivity index (χ2v) is 6.79. The fourth-order valence-corrected chi connectivity index (χ4v) is 3.30. The monoisotopic (exact) mass is 391 g/mol. The largest absolute Gasteiger partial charge is 0.481 e. The molecular formula is C15H22INO3. The number of hydrogen-bond donors (Lipinski definition) is 2. The predicted octanol–water partition coefficient (Wildman–Crippen LogP) is 2.91. The molecule has 0 aromatic heterocycles. The van der Waals surface area contributed by atoms with Gasteiger partial charge in [-0.3, -0.25) is 9.69 Å². The molecule has 0 fully saturated rings. The first-order valence-electron chi connectivity index (χ1n) is 6.59. The van der Waals surface area contributed by atoms with Gasteiger partial charge in [0.05, 0.1) is 16.6 Å². The van der Waals surface area contributed by atoms with Crippen molar-refractivity contribution >= 4 is 28.6 Å². The van der Waals surface area contributed by atoms with Gasteiger partial charge in [-0.1, -0.05) is 59.8 Å². The maximum absolute atomic E-state index is 11.1. The maximum Gasteiger partial charge on any atom is 0.307 e. The molecule has 20 heavy (non-hydrogen) atoms. The van der Waals surface area contributed by atoms with E-state index in [-0.39, 0.29) is 10.7 Å². The van der Waals surface area contributed by atoms with Crippen molar-refractivity contribution in [2.24, 2.45) is 5.92 Å². The van der Waals surface area contributed by atoms with Crippen LogP contribution < -0.4 is 0 Å². The molecule has 0 radical (unpaired) electrons. The number of alkyl halides is 1. The third kappa shape index (κ3) is 4.43. The molecule has 2 unspecified atom stereocenters. The Balaban J connectivity index is 3.01. The first kappa shape index (κ1) is 17.4. The van der Waals surface area contributed by atoms with Gasteiger partial charge in [0.15, 0.2) is 0 Å². The average molecular weight is 391 g/mol. The van der Waals surface area contributed by atoms with Crippen LogP contribution in [0.5, 0.6) is 0 Å². The Labute approximate surface area is 133 Å². The van der Waals surface area contributed by atoms with Gasteiger partial charge < -0.3 is 10.2 Å². The predicted molar refractivity (Wildman–Crippen MR) is 87.9 cm³/mol. The van der Waals surface area contributed by atoms with E-state index in [1.54, 1.807) is 6.92 Å². The fraction of sp³-hybridized carbons (Fsp3) is 0.533. The van der Waals surface area contributed by atoms with Crippen LogP contribution in [0.25, 0.3) is 0 Å². The number of aliphatic carboxylic acids is 1. The summed E-state index contributed by atoms with van der Waals surface area (Å²) in [6, 6.07) is 9.91. The summed E-state index contributed by atoms with van der Waals surface area (Å²) in [5.41, 5.74) is 0.623. The lowest BCUT2D eigenvalue weighted by Crippen LogP contribution is -2.49. The zero-order chi connectivity index (χ0) is 15.3. The molecule has 1 rings (SSSR count). The van der Waals surface area contributed by atoms with Crippen molar-refractivity contribution in [3.8, 4) is 0 Å². The normalized spacial score (nSPS) is 15.1. The molecule has 1 aromatic carbocycles. The van der Waals surface area contributed by atoms with Gasteiger partial charge in [0.1, 0.15) is 0 Å². The van der Waals surface area contributed by atoms with Crippen molar-refractivity contribution in [1.82, 2.24) is 4.90 Å². The van der Waals surface area contributed by atoms with Crippen LogP contribution in [0.15, 0.2) is 30.3 Å². The second-order valence-electron chi connectivity index (χ2n) is 5.61. The molecule has 0 aliphatic heterocycles. The molecule has 112 valence electrons. The van der Waals surface area contributed by atoms with Crippen molar-refractivity contribution in [2.45, 2.75) is 30.4 Å². The maximum atomic E-state index is 11.1. The minimum atomic E-state index is -0.819. The van der Waals surface area contributed by atoms with Crippen molar-refractivity contribution in [1.29, 1.82) is 0 Å². The number of carboxylic acid groups (broad SMARTS) is 1. The summed E-state index contributed by atoms with van der Waals surface area (Å²) in [4.78, 5) is 13.2. The number of benzene rings is 1. The first-order chi connectivity index (χ1) is 9.29. The van der Waals surface area contributed by atoms with E-state index in [4.69, 9.17) is 5.11 Å².